The Morgan fingerprint density at radius 1 is 0.957 bits per heavy atom. The number of nitrogens with zero attached hydrogens (tertiary/aromatic N) is 2. The highest BCUT2D eigenvalue weighted by Gasteiger charge is 2.35. The zero-order chi connectivity index (χ0) is 33.6. The lowest BCUT2D eigenvalue weighted by Crippen LogP contribution is -2.43. The van der Waals surface area contributed by atoms with Crippen LogP contribution in [0.15, 0.2) is 77.6 Å². The van der Waals surface area contributed by atoms with Crippen molar-refractivity contribution in [2.45, 2.75) is 33.0 Å². The van der Waals surface area contributed by atoms with E-state index in [0.29, 0.717) is 29.4 Å². The van der Waals surface area contributed by atoms with Gasteiger partial charge in [-0.2, -0.15) is 13.2 Å². The third kappa shape index (κ3) is 8.72. The van der Waals surface area contributed by atoms with Crippen LogP contribution >= 0.6 is 0 Å². The van der Waals surface area contributed by atoms with Crippen LogP contribution in [0.25, 0.3) is 11.3 Å². The Bertz CT molecular complexity index is 1750. The summed E-state index contributed by atoms with van der Waals surface area (Å²) in [7, 11) is 0. The lowest BCUT2D eigenvalue weighted by Gasteiger charge is -2.26. The summed E-state index contributed by atoms with van der Waals surface area (Å²) in [6.45, 7) is 9.00. The summed E-state index contributed by atoms with van der Waals surface area (Å²) >= 11 is 0. The summed E-state index contributed by atoms with van der Waals surface area (Å²) in [5.74, 6) is 0.902. The molecule has 1 fully saturated rings. The first kappa shape index (κ1) is 33.6. The van der Waals surface area contributed by atoms with Gasteiger partial charge in [0.25, 0.3) is 5.56 Å². The van der Waals surface area contributed by atoms with Crippen LogP contribution in [0.1, 0.15) is 28.7 Å². The Morgan fingerprint density at radius 2 is 1.62 bits per heavy atom. The van der Waals surface area contributed by atoms with Crippen molar-refractivity contribution >= 4 is 17.5 Å². The maximum absolute atomic E-state index is 13.8. The first-order valence-electron chi connectivity index (χ1n) is 15.4. The molecule has 1 aromatic heterocycles. The van der Waals surface area contributed by atoms with Gasteiger partial charge in [-0.3, -0.25) is 10.1 Å². The van der Waals surface area contributed by atoms with E-state index in [9.17, 15) is 22.8 Å². The van der Waals surface area contributed by atoms with Crippen molar-refractivity contribution in [1.82, 2.24) is 14.8 Å². The fourth-order valence-corrected chi connectivity index (χ4v) is 5.46. The van der Waals surface area contributed by atoms with Crippen molar-refractivity contribution in [3.63, 3.8) is 0 Å². The highest BCUT2D eigenvalue weighted by atomic mass is 19.4. The molecule has 0 unspecified atom stereocenters. The highest BCUT2D eigenvalue weighted by Crippen LogP contribution is 2.35. The zero-order valence-corrected chi connectivity index (χ0v) is 26.3. The molecule has 12 heteroatoms. The Labute approximate surface area is 271 Å². The van der Waals surface area contributed by atoms with Crippen LogP contribution in [-0.2, 0) is 17.5 Å². The van der Waals surface area contributed by atoms with E-state index in [2.05, 4.69) is 15.5 Å². The highest BCUT2D eigenvalue weighted by molar-refractivity contribution is 5.84. The number of aromatic nitrogens is 1. The molecule has 1 amide bonds. The number of piperazine rings is 1. The summed E-state index contributed by atoms with van der Waals surface area (Å²) in [5.41, 5.74) is 6.51. The van der Waals surface area contributed by atoms with E-state index >= 15 is 0 Å². The van der Waals surface area contributed by atoms with Crippen LogP contribution in [0.2, 0.25) is 0 Å². The standard InChI is InChI=1S/C35H38F3N5O4/c1-23-4-5-26(24(2)20-23)22-43-31(21-30(35(36,37)38)32(39)33(43)44)25-6-10-28(11-7-25)47-29-12-8-27(9-13-29)41-34(45)46-19-3-16-42-17-14-40-15-18-42/h4-13,20-21,40H,3,14-19,22,39H2,1-2H3,(H,41,45). The maximum atomic E-state index is 13.8. The number of carbonyl (C=O) groups excluding carboxylic acids is 1. The normalized spacial score (nSPS) is 13.7. The van der Waals surface area contributed by atoms with Gasteiger partial charge < -0.3 is 30.0 Å². The van der Waals surface area contributed by atoms with E-state index in [1.807, 2.05) is 32.0 Å². The number of pyridine rings is 1. The van der Waals surface area contributed by atoms with E-state index in [1.165, 1.54) is 4.57 Å². The summed E-state index contributed by atoms with van der Waals surface area (Å²) in [5, 5.41) is 6.00. The maximum Gasteiger partial charge on any atom is 0.418 e. The van der Waals surface area contributed by atoms with Gasteiger partial charge in [0, 0.05) is 38.4 Å². The molecule has 0 bridgehead atoms. The molecule has 248 valence electrons. The smallest absolute Gasteiger partial charge is 0.418 e. The van der Waals surface area contributed by atoms with Gasteiger partial charge in [-0.25, -0.2) is 4.79 Å². The van der Waals surface area contributed by atoms with Gasteiger partial charge in [0.15, 0.2) is 0 Å². The average Bonchev–Trinajstić information content (AvgIpc) is 3.04. The van der Waals surface area contributed by atoms with Gasteiger partial charge in [0.1, 0.15) is 17.2 Å². The number of amides is 1. The second-order valence-corrected chi connectivity index (χ2v) is 11.5. The van der Waals surface area contributed by atoms with Gasteiger partial charge in [0.2, 0.25) is 0 Å². The summed E-state index contributed by atoms with van der Waals surface area (Å²) in [4.78, 5) is 27.7. The Morgan fingerprint density at radius 3 is 2.26 bits per heavy atom. The number of nitrogens with one attached hydrogen (secondary N) is 2. The van der Waals surface area contributed by atoms with E-state index in [-0.39, 0.29) is 12.2 Å². The van der Waals surface area contributed by atoms with Crippen LogP contribution in [-0.4, -0.2) is 54.9 Å². The van der Waals surface area contributed by atoms with Crippen molar-refractivity contribution in [3.8, 4) is 22.8 Å². The minimum absolute atomic E-state index is 0.0469. The molecule has 0 radical (unpaired) electrons. The summed E-state index contributed by atoms with van der Waals surface area (Å²) in [6.07, 6.45) is -4.59. The van der Waals surface area contributed by atoms with Crippen molar-refractivity contribution < 1.29 is 27.4 Å². The molecule has 9 nitrogen and oxygen atoms in total. The fourth-order valence-electron chi connectivity index (χ4n) is 5.46. The lowest BCUT2D eigenvalue weighted by molar-refractivity contribution is -0.137. The second kappa shape index (κ2) is 14.7. The van der Waals surface area contributed by atoms with Gasteiger partial charge in [-0.05, 0) is 91.6 Å². The third-order valence-electron chi connectivity index (χ3n) is 8.02. The van der Waals surface area contributed by atoms with Crippen molar-refractivity contribution in [3.05, 3.63) is 105 Å². The van der Waals surface area contributed by atoms with Crippen molar-refractivity contribution in [2.24, 2.45) is 0 Å². The number of halogens is 3. The SMILES string of the molecule is Cc1ccc(Cn2c(-c3ccc(Oc4ccc(NC(=O)OCCCN5CCNCC5)cc4)cc3)cc(C(F)(F)F)c(N)c2=O)c(C)c1. The number of alkyl halides is 3. The second-order valence-electron chi connectivity index (χ2n) is 11.5. The topological polar surface area (TPSA) is 111 Å². The molecule has 1 saturated heterocycles. The van der Waals surface area contributed by atoms with E-state index in [0.717, 1.165) is 61.9 Å². The number of rotatable bonds is 10. The van der Waals surface area contributed by atoms with Crippen LogP contribution in [0, 0.1) is 13.8 Å². The van der Waals surface area contributed by atoms with E-state index < -0.39 is 29.1 Å². The lowest BCUT2D eigenvalue weighted by atomic mass is 10.0. The number of nitrogen functional groups attached to an aromatic ring is 1. The van der Waals surface area contributed by atoms with Crippen molar-refractivity contribution in [1.29, 1.82) is 0 Å². The van der Waals surface area contributed by atoms with Crippen molar-refractivity contribution in [2.75, 3.05) is 50.4 Å². The number of benzene rings is 3. The number of anilines is 2. The van der Waals surface area contributed by atoms with Gasteiger partial charge in [0.05, 0.1) is 24.4 Å². The minimum atomic E-state index is -4.80. The Kier molecular flexibility index (Phi) is 10.5. The summed E-state index contributed by atoms with van der Waals surface area (Å²) in [6, 6.07) is 19.7. The molecule has 47 heavy (non-hydrogen) atoms. The van der Waals surface area contributed by atoms with Crippen LogP contribution < -0.4 is 26.7 Å². The minimum Gasteiger partial charge on any atom is -0.457 e. The Hall–Kier alpha value is -4.81. The number of hydrogen-bond donors (Lipinski definition) is 3. The molecular weight excluding hydrogens is 611 g/mol. The molecule has 4 aromatic rings. The van der Waals surface area contributed by atoms with E-state index in [4.69, 9.17) is 15.2 Å². The molecule has 0 atom stereocenters. The largest absolute Gasteiger partial charge is 0.457 e. The molecule has 3 aromatic carbocycles. The summed E-state index contributed by atoms with van der Waals surface area (Å²) < 4.78 is 54.0. The predicted molar refractivity (Wildman–Crippen MR) is 176 cm³/mol. The predicted octanol–water partition coefficient (Wildman–Crippen LogP) is 6.42. The number of nitrogens with two attached hydrogens (primary N) is 1. The zero-order valence-electron chi connectivity index (χ0n) is 26.3. The van der Waals surface area contributed by atoms with Gasteiger partial charge in [-0.1, -0.05) is 23.8 Å². The molecule has 1 aliphatic heterocycles. The van der Waals surface area contributed by atoms with Crippen LogP contribution in [0.3, 0.4) is 0 Å². The Balaban J connectivity index is 1.25. The first-order chi connectivity index (χ1) is 22.5. The van der Waals surface area contributed by atoms with Gasteiger partial charge in [-0.15, -0.1) is 0 Å². The monoisotopic (exact) mass is 649 g/mol. The molecule has 1 aliphatic rings. The number of aryl methyl sites for hydroxylation is 2. The van der Waals surface area contributed by atoms with E-state index in [1.54, 1.807) is 48.5 Å². The average molecular weight is 650 g/mol. The molecule has 2 heterocycles. The molecule has 0 aliphatic carbocycles. The third-order valence-corrected chi connectivity index (χ3v) is 8.02. The molecule has 5 rings (SSSR count). The quantitative estimate of drug-likeness (QED) is 0.170. The molecule has 0 spiro atoms. The number of carbonyl (C=O) groups is 1. The fraction of sp³-hybridized carbons (Fsp3) is 0.314. The first-order valence-corrected chi connectivity index (χ1v) is 15.4. The molecule has 4 N–H and O–H groups in total. The van der Waals surface area contributed by atoms with Crippen LogP contribution in [0.5, 0.6) is 11.5 Å². The van der Waals surface area contributed by atoms with Gasteiger partial charge >= 0.3 is 12.3 Å². The number of ether oxygens (including phenoxy) is 2. The molecule has 0 saturated carbocycles. The number of hydrogen-bond acceptors (Lipinski definition) is 7. The molecular formula is C35H38F3N5O4. The van der Waals surface area contributed by atoms with Crippen LogP contribution in [0.4, 0.5) is 29.3 Å².